The van der Waals surface area contributed by atoms with Crippen LogP contribution in [0.2, 0.25) is 0 Å². The molecule has 356 valence electrons. The monoisotopic (exact) mass is 849 g/mol. The number of hydrogen-bond donors (Lipinski definition) is 0. The topological polar surface area (TPSA) is 78.9 Å². The van der Waals surface area contributed by atoms with Crippen molar-refractivity contribution in [2.45, 2.75) is 310 Å². The van der Waals surface area contributed by atoms with Gasteiger partial charge in [-0.15, -0.1) is 0 Å². The number of esters is 3. The fourth-order valence-electron chi connectivity index (χ4n) is 8.22. The quantitative estimate of drug-likeness (QED) is 0.0345. The molecule has 0 saturated heterocycles. The van der Waals surface area contributed by atoms with Crippen molar-refractivity contribution in [3.63, 3.8) is 0 Å². The average Bonchev–Trinajstić information content (AvgIpc) is 3.23. The lowest BCUT2D eigenvalue weighted by Gasteiger charge is -2.18. The van der Waals surface area contributed by atoms with Gasteiger partial charge in [-0.05, 0) is 25.2 Å². The van der Waals surface area contributed by atoms with E-state index in [0.29, 0.717) is 19.3 Å². The number of unbranched alkanes of at least 4 members (excludes halogenated alkanes) is 36. The molecule has 0 unspecified atom stereocenters. The van der Waals surface area contributed by atoms with E-state index < -0.39 is 6.10 Å². The van der Waals surface area contributed by atoms with E-state index in [1.54, 1.807) is 0 Å². The summed E-state index contributed by atoms with van der Waals surface area (Å²) in [6.45, 7) is 9.01. The first-order valence-electron chi connectivity index (χ1n) is 26.9. The first-order valence-corrected chi connectivity index (χ1v) is 26.9. The van der Waals surface area contributed by atoms with Gasteiger partial charge < -0.3 is 14.2 Å². The highest BCUT2D eigenvalue weighted by molar-refractivity contribution is 5.71. The molecule has 0 bridgehead atoms. The molecule has 0 aliphatic carbocycles. The summed E-state index contributed by atoms with van der Waals surface area (Å²) in [5.41, 5.74) is 0. The second-order valence-corrected chi connectivity index (χ2v) is 19.0. The molecule has 0 N–H and O–H groups in total. The molecule has 0 heterocycles. The number of hydrogen-bond acceptors (Lipinski definition) is 6. The fraction of sp³-hybridized carbons (Fsp3) is 0.944. The summed E-state index contributed by atoms with van der Waals surface area (Å²) >= 11 is 0. The van der Waals surface area contributed by atoms with Crippen LogP contribution < -0.4 is 0 Å². The lowest BCUT2D eigenvalue weighted by molar-refractivity contribution is -0.167. The van der Waals surface area contributed by atoms with Crippen molar-refractivity contribution >= 4 is 17.9 Å². The standard InChI is InChI=1S/C54H104O6/c1-5-7-9-11-13-15-17-19-20-21-22-24-26-30-34-38-42-46-53(56)59-49-51(60-54(57)47-43-39-35-31-27-28-32-36-40-44-50(3)4)48-58-52(55)45-41-37-33-29-25-23-18-16-14-12-10-8-6-2/h50-51H,5-49H2,1-4H3/t51-/m0/s1. The summed E-state index contributed by atoms with van der Waals surface area (Å²) in [5, 5.41) is 0. The third kappa shape index (κ3) is 47.5. The zero-order valence-corrected chi connectivity index (χ0v) is 40.9. The Labute approximate surface area is 374 Å². The summed E-state index contributed by atoms with van der Waals surface area (Å²) in [5.74, 6) is -0.0369. The minimum Gasteiger partial charge on any atom is -0.462 e. The Bertz CT molecular complexity index is 903. The van der Waals surface area contributed by atoms with Crippen LogP contribution in [0.1, 0.15) is 304 Å². The molecule has 6 heteroatoms. The van der Waals surface area contributed by atoms with Crippen LogP contribution in [-0.2, 0) is 28.6 Å². The summed E-state index contributed by atoms with van der Waals surface area (Å²) < 4.78 is 16.8. The summed E-state index contributed by atoms with van der Waals surface area (Å²) in [4.78, 5) is 38.0. The molecule has 0 radical (unpaired) electrons. The zero-order chi connectivity index (χ0) is 43.8. The van der Waals surface area contributed by atoms with Crippen molar-refractivity contribution in [1.29, 1.82) is 0 Å². The van der Waals surface area contributed by atoms with E-state index in [4.69, 9.17) is 14.2 Å². The van der Waals surface area contributed by atoms with E-state index in [-0.39, 0.29) is 31.1 Å². The van der Waals surface area contributed by atoms with Gasteiger partial charge in [0.05, 0.1) is 0 Å². The van der Waals surface area contributed by atoms with E-state index in [1.807, 2.05) is 0 Å². The van der Waals surface area contributed by atoms with Crippen LogP contribution in [0.3, 0.4) is 0 Å². The van der Waals surface area contributed by atoms with Gasteiger partial charge in [0, 0.05) is 19.3 Å². The number of carbonyl (C=O) groups is 3. The smallest absolute Gasteiger partial charge is 0.306 e. The third-order valence-electron chi connectivity index (χ3n) is 12.3. The lowest BCUT2D eigenvalue weighted by atomic mass is 10.0. The van der Waals surface area contributed by atoms with E-state index >= 15 is 0 Å². The Morgan fingerprint density at radius 1 is 0.317 bits per heavy atom. The second-order valence-electron chi connectivity index (χ2n) is 19.0. The molecule has 6 nitrogen and oxygen atoms in total. The minimum atomic E-state index is -0.761. The van der Waals surface area contributed by atoms with E-state index in [2.05, 4.69) is 27.7 Å². The van der Waals surface area contributed by atoms with Gasteiger partial charge >= 0.3 is 17.9 Å². The molecular weight excluding hydrogens is 745 g/mol. The predicted molar refractivity (Wildman–Crippen MR) is 257 cm³/mol. The maximum absolute atomic E-state index is 12.8. The van der Waals surface area contributed by atoms with Gasteiger partial charge in [-0.1, -0.05) is 265 Å². The van der Waals surface area contributed by atoms with E-state index in [0.717, 1.165) is 63.7 Å². The Hall–Kier alpha value is -1.59. The predicted octanol–water partition coefficient (Wildman–Crippen LogP) is 17.5. The molecule has 0 aromatic rings. The van der Waals surface area contributed by atoms with Crippen LogP contribution in [0.5, 0.6) is 0 Å². The second kappa shape index (κ2) is 48.4. The summed E-state index contributed by atoms with van der Waals surface area (Å²) in [7, 11) is 0. The van der Waals surface area contributed by atoms with Crippen LogP contribution in [0.15, 0.2) is 0 Å². The lowest BCUT2D eigenvalue weighted by Crippen LogP contribution is -2.30. The van der Waals surface area contributed by atoms with Crippen LogP contribution in [0.25, 0.3) is 0 Å². The van der Waals surface area contributed by atoms with Gasteiger partial charge in [-0.2, -0.15) is 0 Å². The fourth-order valence-corrected chi connectivity index (χ4v) is 8.22. The summed E-state index contributed by atoms with van der Waals surface area (Å²) in [6, 6.07) is 0. The largest absolute Gasteiger partial charge is 0.462 e. The zero-order valence-electron chi connectivity index (χ0n) is 40.9. The first kappa shape index (κ1) is 58.4. The molecule has 0 amide bonds. The molecule has 0 aliphatic rings. The van der Waals surface area contributed by atoms with Crippen LogP contribution in [0, 0.1) is 5.92 Å². The molecule has 0 rings (SSSR count). The third-order valence-corrected chi connectivity index (χ3v) is 12.3. The highest BCUT2D eigenvalue weighted by Crippen LogP contribution is 2.17. The van der Waals surface area contributed by atoms with Crippen molar-refractivity contribution in [3.05, 3.63) is 0 Å². The SMILES string of the molecule is CCCCCCCCCCCCCCCCCCCC(=O)OC[C@H](COC(=O)CCCCCCCCCCCCCCC)OC(=O)CCCCCCCCCCCC(C)C. The summed E-state index contributed by atoms with van der Waals surface area (Å²) in [6.07, 6.45) is 50.9. The van der Waals surface area contributed by atoms with Gasteiger partial charge in [-0.3, -0.25) is 14.4 Å². The van der Waals surface area contributed by atoms with Crippen molar-refractivity contribution < 1.29 is 28.6 Å². The van der Waals surface area contributed by atoms with Gasteiger partial charge in [0.2, 0.25) is 0 Å². The van der Waals surface area contributed by atoms with Gasteiger partial charge in [0.25, 0.3) is 0 Å². The molecule has 0 spiro atoms. The number of ether oxygens (including phenoxy) is 3. The Morgan fingerprint density at radius 3 is 0.817 bits per heavy atom. The molecular formula is C54H104O6. The molecule has 0 aromatic heterocycles. The number of carbonyl (C=O) groups excluding carboxylic acids is 3. The first-order chi connectivity index (χ1) is 29.4. The molecule has 0 fully saturated rings. The van der Waals surface area contributed by atoms with Crippen LogP contribution in [0.4, 0.5) is 0 Å². The van der Waals surface area contributed by atoms with Crippen LogP contribution >= 0.6 is 0 Å². The van der Waals surface area contributed by atoms with Gasteiger partial charge in [0.1, 0.15) is 13.2 Å². The molecule has 60 heavy (non-hydrogen) atoms. The van der Waals surface area contributed by atoms with Crippen molar-refractivity contribution in [3.8, 4) is 0 Å². The van der Waals surface area contributed by atoms with Crippen molar-refractivity contribution in [1.82, 2.24) is 0 Å². The molecule has 1 atom stereocenters. The van der Waals surface area contributed by atoms with Gasteiger partial charge in [-0.25, -0.2) is 0 Å². The van der Waals surface area contributed by atoms with Crippen molar-refractivity contribution in [2.24, 2.45) is 5.92 Å². The Balaban J connectivity index is 4.28. The van der Waals surface area contributed by atoms with E-state index in [9.17, 15) is 14.4 Å². The Morgan fingerprint density at radius 2 is 0.550 bits per heavy atom. The minimum absolute atomic E-state index is 0.0628. The highest BCUT2D eigenvalue weighted by atomic mass is 16.6. The number of rotatable bonds is 49. The van der Waals surface area contributed by atoms with Crippen molar-refractivity contribution in [2.75, 3.05) is 13.2 Å². The maximum Gasteiger partial charge on any atom is 0.306 e. The van der Waals surface area contributed by atoms with E-state index in [1.165, 1.54) is 199 Å². The molecule has 0 aromatic carbocycles. The maximum atomic E-state index is 12.8. The highest BCUT2D eigenvalue weighted by Gasteiger charge is 2.19. The van der Waals surface area contributed by atoms with Gasteiger partial charge in [0.15, 0.2) is 6.10 Å². The molecule has 0 saturated carbocycles. The Kier molecular flexibility index (Phi) is 47.2. The molecule has 0 aliphatic heterocycles. The normalized spacial score (nSPS) is 11.9. The van der Waals surface area contributed by atoms with Crippen LogP contribution in [-0.4, -0.2) is 37.2 Å². The average molecular weight is 849 g/mol.